The number of carbonyl (C=O) groups is 1. The molecule has 0 saturated carbocycles. The van der Waals surface area contributed by atoms with Crippen LogP contribution >= 0.6 is 0 Å². The van der Waals surface area contributed by atoms with Crippen LogP contribution in [0.4, 0.5) is 0 Å². The van der Waals surface area contributed by atoms with Crippen molar-refractivity contribution in [2.75, 3.05) is 0 Å². The van der Waals surface area contributed by atoms with E-state index in [0.717, 1.165) is 19.3 Å². The van der Waals surface area contributed by atoms with Crippen LogP contribution in [0.15, 0.2) is 54.6 Å². The first-order valence-corrected chi connectivity index (χ1v) is 10.4. The van der Waals surface area contributed by atoms with Gasteiger partial charge in [-0.3, -0.25) is 4.79 Å². The predicted octanol–water partition coefficient (Wildman–Crippen LogP) is 7.41. The normalized spacial score (nSPS) is 11.4. The minimum Gasteiger partial charge on any atom is -0.427 e. The number of para-hydroxylation sites is 1. The van der Waals surface area contributed by atoms with E-state index >= 15 is 0 Å². The SMILES string of the molecule is CCCCCC=CCC=CCCCCCCCC(=O)Oc1ccccc1. The Labute approximate surface area is 160 Å². The van der Waals surface area contributed by atoms with E-state index < -0.39 is 0 Å². The minimum absolute atomic E-state index is 0.123. The topological polar surface area (TPSA) is 26.3 Å². The van der Waals surface area contributed by atoms with Crippen molar-refractivity contribution in [3.8, 4) is 5.75 Å². The maximum atomic E-state index is 11.7. The quantitative estimate of drug-likeness (QED) is 0.142. The Hall–Kier alpha value is -1.83. The molecule has 0 N–H and O–H groups in total. The molecule has 1 aromatic carbocycles. The fourth-order valence-electron chi connectivity index (χ4n) is 2.75. The Morgan fingerprint density at radius 2 is 1.42 bits per heavy atom. The molecule has 0 heterocycles. The Morgan fingerprint density at radius 1 is 0.808 bits per heavy atom. The second-order valence-corrected chi connectivity index (χ2v) is 6.77. The van der Waals surface area contributed by atoms with E-state index in [9.17, 15) is 4.79 Å². The summed E-state index contributed by atoms with van der Waals surface area (Å²) in [6.45, 7) is 2.24. The average molecular weight is 357 g/mol. The lowest BCUT2D eigenvalue weighted by atomic mass is 10.1. The number of hydrogen-bond acceptors (Lipinski definition) is 2. The van der Waals surface area contributed by atoms with Gasteiger partial charge in [-0.2, -0.15) is 0 Å². The molecule has 0 aromatic heterocycles. The van der Waals surface area contributed by atoms with E-state index in [1.165, 1.54) is 51.4 Å². The Kier molecular flexibility index (Phi) is 14.2. The highest BCUT2D eigenvalue weighted by atomic mass is 16.5. The second kappa shape index (κ2) is 16.6. The Morgan fingerprint density at radius 3 is 2.12 bits per heavy atom. The molecule has 0 aliphatic carbocycles. The number of ether oxygens (including phenoxy) is 1. The van der Waals surface area contributed by atoms with Crippen LogP contribution in [0.3, 0.4) is 0 Å². The maximum absolute atomic E-state index is 11.7. The molecule has 0 saturated heterocycles. The van der Waals surface area contributed by atoms with Gasteiger partial charge in [0, 0.05) is 6.42 Å². The summed E-state index contributed by atoms with van der Waals surface area (Å²) in [7, 11) is 0. The van der Waals surface area contributed by atoms with Crippen molar-refractivity contribution >= 4 is 5.97 Å². The standard InChI is InChI=1S/C24H36O2/c1-2-3-4-5-6-7-8-9-10-11-12-13-14-15-19-22-24(25)26-23-20-17-16-18-21-23/h6-7,9-10,16-18,20-21H,2-5,8,11-15,19,22H2,1H3. The number of hydrogen-bond donors (Lipinski definition) is 0. The van der Waals surface area contributed by atoms with Gasteiger partial charge >= 0.3 is 5.97 Å². The third-order valence-corrected chi connectivity index (χ3v) is 4.31. The number of esters is 1. The van der Waals surface area contributed by atoms with Gasteiger partial charge in [-0.15, -0.1) is 0 Å². The van der Waals surface area contributed by atoms with Crippen molar-refractivity contribution in [1.29, 1.82) is 0 Å². The molecule has 0 fully saturated rings. The predicted molar refractivity (Wildman–Crippen MR) is 111 cm³/mol. The van der Waals surface area contributed by atoms with Crippen molar-refractivity contribution in [3.05, 3.63) is 54.6 Å². The van der Waals surface area contributed by atoms with Crippen LogP contribution in [0, 0.1) is 0 Å². The first-order chi connectivity index (χ1) is 12.8. The van der Waals surface area contributed by atoms with Gasteiger partial charge in [-0.1, -0.05) is 81.5 Å². The average Bonchev–Trinajstić information content (AvgIpc) is 2.65. The summed E-state index contributed by atoms with van der Waals surface area (Å²) in [5, 5.41) is 0. The van der Waals surface area contributed by atoms with Gasteiger partial charge in [0.2, 0.25) is 0 Å². The summed E-state index contributed by atoms with van der Waals surface area (Å²) in [4.78, 5) is 11.7. The highest BCUT2D eigenvalue weighted by molar-refractivity contribution is 5.72. The van der Waals surface area contributed by atoms with Gasteiger partial charge < -0.3 is 4.74 Å². The highest BCUT2D eigenvalue weighted by Gasteiger charge is 2.03. The van der Waals surface area contributed by atoms with E-state index in [4.69, 9.17) is 4.74 Å². The van der Waals surface area contributed by atoms with Crippen molar-refractivity contribution in [2.24, 2.45) is 0 Å². The molecule has 0 aliphatic rings. The van der Waals surface area contributed by atoms with Crippen LogP contribution in [0.25, 0.3) is 0 Å². The minimum atomic E-state index is -0.123. The monoisotopic (exact) mass is 356 g/mol. The molecular formula is C24H36O2. The molecule has 0 amide bonds. The van der Waals surface area contributed by atoms with E-state index in [0.29, 0.717) is 12.2 Å². The summed E-state index contributed by atoms with van der Waals surface area (Å²) in [5.74, 6) is 0.516. The zero-order chi connectivity index (χ0) is 18.7. The van der Waals surface area contributed by atoms with Crippen LogP contribution in [-0.4, -0.2) is 5.97 Å². The third-order valence-electron chi connectivity index (χ3n) is 4.31. The lowest BCUT2D eigenvalue weighted by molar-refractivity contribution is -0.134. The van der Waals surface area contributed by atoms with Crippen molar-refractivity contribution in [3.63, 3.8) is 0 Å². The van der Waals surface area contributed by atoms with Gasteiger partial charge in [0.05, 0.1) is 0 Å². The molecule has 2 heteroatoms. The smallest absolute Gasteiger partial charge is 0.311 e. The molecule has 1 aromatic rings. The van der Waals surface area contributed by atoms with Crippen molar-refractivity contribution < 1.29 is 9.53 Å². The summed E-state index contributed by atoms with van der Waals surface area (Å²) in [6, 6.07) is 9.29. The largest absolute Gasteiger partial charge is 0.427 e. The summed E-state index contributed by atoms with van der Waals surface area (Å²) >= 11 is 0. The number of carbonyl (C=O) groups excluding carboxylic acids is 1. The molecule has 0 atom stereocenters. The molecule has 0 aliphatic heterocycles. The molecule has 144 valence electrons. The van der Waals surface area contributed by atoms with Crippen LogP contribution < -0.4 is 4.74 Å². The van der Waals surface area contributed by atoms with E-state index in [-0.39, 0.29) is 5.97 Å². The molecule has 0 spiro atoms. The first kappa shape index (κ1) is 22.2. The van der Waals surface area contributed by atoms with Crippen LogP contribution in [-0.2, 0) is 4.79 Å². The second-order valence-electron chi connectivity index (χ2n) is 6.77. The molecule has 0 bridgehead atoms. The molecule has 0 unspecified atom stereocenters. The number of allylic oxidation sites excluding steroid dienone is 4. The molecular weight excluding hydrogens is 320 g/mol. The summed E-state index contributed by atoms with van der Waals surface area (Å²) in [5.41, 5.74) is 0. The van der Waals surface area contributed by atoms with E-state index in [1.54, 1.807) is 0 Å². The molecule has 0 radical (unpaired) electrons. The number of unbranched alkanes of at least 4 members (excludes halogenated alkanes) is 8. The van der Waals surface area contributed by atoms with Crippen molar-refractivity contribution in [1.82, 2.24) is 0 Å². The Balaban J connectivity index is 1.87. The zero-order valence-corrected chi connectivity index (χ0v) is 16.5. The lowest BCUT2D eigenvalue weighted by Gasteiger charge is -2.04. The highest BCUT2D eigenvalue weighted by Crippen LogP contribution is 2.12. The van der Waals surface area contributed by atoms with Gasteiger partial charge in [0.1, 0.15) is 5.75 Å². The van der Waals surface area contributed by atoms with Gasteiger partial charge in [0.25, 0.3) is 0 Å². The fraction of sp³-hybridized carbons (Fsp3) is 0.542. The van der Waals surface area contributed by atoms with Crippen LogP contribution in [0.1, 0.15) is 84.0 Å². The number of rotatable bonds is 15. The van der Waals surface area contributed by atoms with E-state index in [2.05, 4.69) is 31.2 Å². The molecule has 26 heavy (non-hydrogen) atoms. The number of benzene rings is 1. The summed E-state index contributed by atoms with van der Waals surface area (Å²) < 4.78 is 5.28. The van der Waals surface area contributed by atoms with Gasteiger partial charge in [0.15, 0.2) is 0 Å². The third kappa shape index (κ3) is 13.5. The molecule has 1 rings (SSSR count). The van der Waals surface area contributed by atoms with Gasteiger partial charge in [-0.25, -0.2) is 0 Å². The van der Waals surface area contributed by atoms with Crippen LogP contribution in [0.5, 0.6) is 5.75 Å². The zero-order valence-electron chi connectivity index (χ0n) is 16.5. The van der Waals surface area contributed by atoms with Crippen molar-refractivity contribution in [2.45, 2.75) is 84.0 Å². The lowest BCUT2D eigenvalue weighted by Crippen LogP contribution is -2.07. The fourth-order valence-corrected chi connectivity index (χ4v) is 2.75. The van der Waals surface area contributed by atoms with E-state index in [1.807, 2.05) is 30.3 Å². The maximum Gasteiger partial charge on any atom is 0.311 e. The molecule has 2 nitrogen and oxygen atoms in total. The Bertz CT molecular complexity index is 502. The van der Waals surface area contributed by atoms with Crippen LogP contribution in [0.2, 0.25) is 0 Å². The van der Waals surface area contributed by atoms with Gasteiger partial charge in [-0.05, 0) is 50.7 Å². The summed E-state index contributed by atoms with van der Waals surface area (Å²) in [6.07, 6.45) is 22.8. The first-order valence-electron chi connectivity index (χ1n) is 10.4.